The number of fused-ring (bicyclic) bond motifs is 2. The molecule has 32 heavy (non-hydrogen) atoms. The molecule has 0 amide bonds. The molecular weight excluding hydrogens is 404 g/mol. The highest BCUT2D eigenvalue weighted by Gasteiger charge is 2.52. The van der Waals surface area contributed by atoms with Crippen LogP contribution in [0.25, 0.3) is 0 Å². The number of rotatable bonds is 9. The maximum absolute atomic E-state index is 6.44. The summed E-state index contributed by atoms with van der Waals surface area (Å²) in [5.74, 6) is 0. The molecule has 3 aromatic rings. The first-order valence-electron chi connectivity index (χ1n) is 11.1. The molecule has 2 heterocycles. The molecular formula is C27H28O5. The molecule has 5 nitrogen and oxygen atoms in total. The van der Waals surface area contributed by atoms with Crippen molar-refractivity contribution in [1.29, 1.82) is 0 Å². The second-order valence-electron chi connectivity index (χ2n) is 8.16. The minimum atomic E-state index is -0.457. The van der Waals surface area contributed by atoms with Crippen LogP contribution in [0.5, 0.6) is 0 Å². The van der Waals surface area contributed by atoms with E-state index in [9.17, 15) is 0 Å². The lowest BCUT2D eigenvalue weighted by Crippen LogP contribution is -2.56. The van der Waals surface area contributed by atoms with Crippen molar-refractivity contribution in [1.82, 2.24) is 0 Å². The average molecular weight is 433 g/mol. The molecule has 5 rings (SSSR count). The topological polar surface area (TPSA) is 46.2 Å². The molecule has 2 aliphatic rings. The van der Waals surface area contributed by atoms with Crippen molar-refractivity contribution < 1.29 is 23.7 Å². The molecule has 0 unspecified atom stereocenters. The van der Waals surface area contributed by atoms with Gasteiger partial charge in [-0.2, -0.15) is 0 Å². The van der Waals surface area contributed by atoms with Crippen LogP contribution in [0.2, 0.25) is 0 Å². The van der Waals surface area contributed by atoms with E-state index in [0.29, 0.717) is 26.4 Å². The SMILES string of the molecule is c1ccc(CO[C@H]2[C@H](OCc3ccccc3)[C@@H]3OC[C@H](O3)[C@H]2OCc2ccccc2)cc1. The zero-order valence-corrected chi connectivity index (χ0v) is 17.9. The standard InChI is InChI=1S/C27H28O5/c1-4-10-20(11-5-1)16-28-24-23-19-31-27(32-23)26(30-18-22-14-8-3-9-15-22)25(24)29-17-21-12-6-2-7-13-21/h1-15,23-27H,16-19H2/t23-,24+,25+,26-,27+/m0/s1. The molecule has 2 saturated heterocycles. The molecule has 0 spiro atoms. The maximum atomic E-state index is 6.44. The van der Waals surface area contributed by atoms with E-state index in [-0.39, 0.29) is 18.3 Å². The van der Waals surface area contributed by atoms with Crippen LogP contribution in [0, 0.1) is 0 Å². The van der Waals surface area contributed by atoms with Gasteiger partial charge in [0.25, 0.3) is 0 Å². The number of hydrogen-bond acceptors (Lipinski definition) is 5. The van der Waals surface area contributed by atoms with Crippen LogP contribution in [0.4, 0.5) is 0 Å². The molecule has 5 atom stereocenters. The van der Waals surface area contributed by atoms with E-state index in [1.54, 1.807) is 0 Å². The van der Waals surface area contributed by atoms with Gasteiger partial charge in [-0.25, -0.2) is 0 Å². The molecule has 0 aliphatic carbocycles. The van der Waals surface area contributed by atoms with E-state index in [0.717, 1.165) is 16.7 Å². The van der Waals surface area contributed by atoms with Gasteiger partial charge in [-0.3, -0.25) is 0 Å². The Morgan fingerprint density at radius 1 is 0.562 bits per heavy atom. The molecule has 2 aliphatic heterocycles. The van der Waals surface area contributed by atoms with Crippen molar-refractivity contribution in [2.75, 3.05) is 6.61 Å². The van der Waals surface area contributed by atoms with Gasteiger partial charge in [0, 0.05) is 0 Å². The summed E-state index contributed by atoms with van der Waals surface area (Å²) in [6, 6.07) is 30.4. The van der Waals surface area contributed by atoms with Crippen molar-refractivity contribution in [3.63, 3.8) is 0 Å². The molecule has 0 saturated carbocycles. The normalized spacial score (nSPS) is 26.8. The van der Waals surface area contributed by atoms with Crippen molar-refractivity contribution in [2.24, 2.45) is 0 Å². The molecule has 2 bridgehead atoms. The highest BCUT2D eigenvalue weighted by Crippen LogP contribution is 2.35. The van der Waals surface area contributed by atoms with Crippen molar-refractivity contribution >= 4 is 0 Å². The summed E-state index contributed by atoms with van der Waals surface area (Å²) in [4.78, 5) is 0. The smallest absolute Gasteiger partial charge is 0.187 e. The Labute approximate surface area is 188 Å². The zero-order chi connectivity index (χ0) is 21.6. The average Bonchev–Trinajstić information content (AvgIpc) is 3.29. The predicted octanol–water partition coefficient (Wildman–Crippen LogP) is 4.50. The summed E-state index contributed by atoms with van der Waals surface area (Å²) in [5, 5.41) is 0. The predicted molar refractivity (Wildman–Crippen MR) is 120 cm³/mol. The van der Waals surface area contributed by atoms with Crippen LogP contribution in [-0.2, 0) is 43.5 Å². The van der Waals surface area contributed by atoms with Crippen LogP contribution < -0.4 is 0 Å². The Hall–Kier alpha value is -2.54. The van der Waals surface area contributed by atoms with Crippen LogP contribution in [0.15, 0.2) is 91.0 Å². The van der Waals surface area contributed by atoms with Crippen LogP contribution in [-0.4, -0.2) is 37.3 Å². The van der Waals surface area contributed by atoms with Gasteiger partial charge in [0.15, 0.2) is 6.29 Å². The van der Waals surface area contributed by atoms with Gasteiger partial charge in [0.05, 0.1) is 26.4 Å². The maximum Gasteiger partial charge on any atom is 0.187 e. The molecule has 2 fully saturated rings. The van der Waals surface area contributed by atoms with Gasteiger partial charge in [-0.15, -0.1) is 0 Å². The number of hydrogen-bond donors (Lipinski definition) is 0. The van der Waals surface area contributed by atoms with Crippen molar-refractivity contribution in [3.8, 4) is 0 Å². The van der Waals surface area contributed by atoms with Gasteiger partial charge < -0.3 is 23.7 Å². The zero-order valence-electron chi connectivity index (χ0n) is 17.9. The quantitative estimate of drug-likeness (QED) is 0.498. The summed E-state index contributed by atoms with van der Waals surface area (Å²) in [6.07, 6.45) is -1.63. The Morgan fingerprint density at radius 3 is 1.50 bits per heavy atom. The molecule has 0 radical (unpaired) electrons. The van der Waals surface area contributed by atoms with Gasteiger partial charge >= 0.3 is 0 Å². The van der Waals surface area contributed by atoms with Crippen molar-refractivity contribution in [2.45, 2.75) is 50.5 Å². The minimum absolute atomic E-state index is 0.180. The van der Waals surface area contributed by atoms with Gasteiger partial charge in [-0.05, 0) is 16.7 Å². The fourth-order valence-electron chi connectivity index (χ4n) is 4.20. The van der Waals surface area contributed by atoms with Crippen LogP contribution in [0.1, 0.15) is 16.7 Å². The molecule has 0 aromatic heterocycles. The third-order valence-corrected chi connectivity index (χ3v) is 5.87. The first-order chi connectivity index (χ1) is 15.9. The second kappa shape index (κ2) is 10.4. The van der Waals surface area contributed by atoms with E-state index < -0.39 is 12.4 Å². The molecule has 0 N–H and O–H groups in total. The third kappa shape index (κ3) is 5.09. The van der Waals surface area contributed by atoms with Crippen molar-refractivity contribution in [3.05, 3.63) is 108 Å². The fraction of sp³-hybridized carbons (Fsp3) is 0.333. The van der Waals surface area contributed by atoms with E-state index in [2.05, 4.69) is 24.3 Å². The van der Waals surface area contributed by atoms with E-state index >= 15 is 0 Å². The Morgan fingerprint density at radius 2 is 1.00 bits per heavy atom. The van der Waals surface area contributed by atoms with Gasteiger partial charge in [-0.1, -0.05) is 91.0 Å². The Balaban J connectivity index is 1.33. The summed E-state index contributed by atoms with van der Waals surface area (Å²) in [6.45, 7) is 1.88. The number of ether oxygens (including phenoxy) is 5. The Kier molecular flexibility index (Phi) is 6.92. The highest BCUT2D eigenvalue weighted by atomic mass is 16.8. The van der Waals surface area contributed by atoms with Gasteiger partial charge in [0.1, 0.15) is 24.4 Å². The van der Waals surface area contributed by atoms with Crippen LogP contribution in [0.3, 0.4) is 0 Å². The number of benzene rings is 3. The molecule has 166 valence electrons. The molecule has 3 aromatic carbocycles. The lowest BCUT2D eigenvalue weighted by atomic mass is 10.00. The highest BCUT2D eigenvalue weighted by molar-refractivity contribution is 5.15. The van der Waals surface area contributed by atoms with E-state index in [1.807, 2.05) is 66.7 Å². The summed E-state index contributed by atoms with van der Waals surface area (Å²) < 4.78 is 31.2. The third-order valence-electron chi connectivity index (χ3n) is 5.87. The first kappa shape index (κ1) is 21.3. The Bertz CT molecular complexity index is 892. The van der Waals surface area contributed by atoms with Gasteiger partial charge in [0.2, 0.25) is 0 Å². The summed E-state index contributed by atoms with van der Waals surface area (Å²) in [7, 11) is 0. The summed E-state index contributed by atoms with van der Waals surface area (Å²) >= 11 is 0. The largest absolute Gasteiger partial charge is 0.368 e. The lowest BCUT2D eigenvalue weighted by Gasteiger charge is -2.40. The van der Waals surface area contributed by atoms with E-state index in [4.69, 9.17) is 23.7 Å². The monoisotopic (exact) mass is 432 g/mol. The second-order valence-corrected chi connectivity index (χ2v) is 8.16. The molecule has 5 heteroatoms. The lowest BCUT2D eigenvalue weighted by molar-refractivity contribution is -0.268. The summed E-state index contributed by atoms with van der Waals surface area (Å²) in [5.41, 5.74) is 3.31. The minimum Gasteiger partial charge on any atom is -0.368 e. The van der Waals surface area contributed by atoms with E-state index in [1.165, 1.54) is 0 Å². The first-order valence-corrected chi connectivity index (χ1v) is 11.1. The fourth-order valence-corrected chi connectivity index (χ4v) is 4.20. The van der Waals surface area contributed by atoms with Crippen LogP contribution >= 0.6 is 0 Å².